The van der Waals surface area contributed by atoms with Crippen LogP contribution in [-0.4, -0.2) is 54.8 Å². The van der Waals surface area contributed by atoms with Crippen LogP contribution in [0.3, 0.4) is 0 Å². The lowest BCUT2D eigenvalue weighted by Gasteiger charge is -2.41. The van der Waals surface area contributed by atoms with Crippen LogP contribution in [0.5, 0.6) is 0 Å². The molecular weight excluding hydrogens is 266 g/mol. The molecule has 1 heterocycles. The van der Waals surface area contributed by atoms with E-state index < -0.39 is 0 Å². The Kier molecular flexibility index (Phi) is 7.08. The van der Waals surface area contributed by atoms with E-state index in [0.29, 0.717) is 5.57 Å². The van der Waals surface area contributed by atoms with Gasteiger partial charge in [-0.2, -0.15) is 5.26 Å². The van der Waals surface area contributed by atoms with Gasteiger partial charge >= 0.3 is 0 Å². The van der Waals surface area contributed by atoms with E-state index in [2.05, 4.69) is 43.4 Å². The predicted octanol–water partition coefficient (Wildman–Crippen LogP) is 3.00. The molecule has 0 aliphatic carbocycles. The molecule has 20 heavy (non-hydrogen) atoms. The molecule has 0 atom stereocenters. The van der Waals surface area contributed by atoms with Crippen molar-refractivity contribution in [2.45, 2.75) is 18.9 Å². The first-order chi connectivity index (χ1) is 9.53. The Morgan fingerprint density at radius 2 is 2.10 bits per heavy atom. The molecule has 0 unspecified atom stereocenters. The molecule has 3 nitrogen and oxygen atoms in total. The summed E-state index contributed by atoms with van der Waals surface area (Å²) in [6, 6.07) is 2.83. The van der Waals surface area contributed by atoms with Gasteiger partial charge in [0.25, 0.3) is 0 Å². The van der Waals surface area contributed by atoms with E-state index in [9.17, 15) is 0 Å². The molecule has 1 fully saturated rings. The first-order valence-corrected chi connectivity index (χ1v) is 8.22. The van der Waals surface area contributed by atoms with Crippen LogP contribution in [0.4, 0.5) is 0 Å². The SMILES string of the molecule is C=C/C(C#N)=C\C=C/C[N+](C)(C)C1CCN(SC)CC1. The van der Waals surface area contributed by atoms with Crippen LogP contribution in [0.2, 0.25) is 0 Å². The summed E-state index contributed by atoms with van der Waals surface area (Å²) < 4.78 is 3.46. The van der Waals surface area contributed by atoms with Gasteiger partial charge in [-0.3, -0.25) is 4.31 Å². The van der Waals surface area contributed by atoms with Gasteiger partial charge in [0.1, 0.15) is 0 Å². The summed E-state index contributed by atoms with van der Waals surface area (Å²) in [6.07, 6.45) is 12.2. The maximum atomic E-state index is 8.80. The van der Waals surface area contributed by atoms with E-state index in [0.717, 1.165) is 17.1 Å². The quantitative estimate of drug-likeness (QED) is 0.326. The van der Waals surface area contributed by atoms with E-state index in [1.807, 2.05) is 24.1 Å². The molecule has 4 heteroatoms. The van der Waals surface area contributed by atoms with Crippen molar-refractivity contribution in [3.63, 3.8) is 0 Å². The number of piperidine rings is 1. The van der Waals surface area contributed by atoms with Gasteiger partial charge < -0.3 is 4.48 Å². The molecule has 0 saturated carbocycles. The Hall–Kier alpha value is -1.02. The van der Waals surface area contributed by atoms with E-state index in [4.69, 9.17) is 5.26 Å². The third-order valence-corrected chi connectivity index (χ3v) is 4.89. The summed E-state index contributed by atoms with van der Waals surface area (Å²) in [4.78, 5) is 0. The smallest absolute Gasteiger partial charge is 0.0991 e. The van der Waals surface area contributed by atoms with Gasteiger partial charge in [-0.05, 0) is 18.4 Å². The van der Waals surface area contributed by atoms with Crippen molar-refractivity contribution in [3.8, 4) is 6.07 Å². The number of quaternary nitrogens is 1. The molecule has 0 radical (unpaired) electrons. The number of nitrogens with zero attached hydrogens (tertiary/aromatic N) is 3. The van der Waals surface area contributed by atoms with Crippen molar-refractivity contribution in [2.75, 3.05) is 40.0 Å². The molecule has 0 N–H and O–H groups in total. The zero-order valence-corrected chi connectivity index (χ0v) is 13.7. The zero-order chi connectivity index (χ0) is 15.0. The molecule has 0 bridgehead atoms. The third kappa shape index (κ3) is 5.16. The van der Waals surface area contributed by atoms with Gasteiger partial charge in [0, 0.05) is 25.9 Å². The highest BCUT2D eigenvalue weighted by molar-refractivity contribution is 7.96. The summed E-state index contributed by atoms with van der Waals surface area (Å²) >= 11 is 1.85. The number of rotatable bonds is 6. The molecule has 1 saturated heterocycles. The number of hydrogen-bond acceptors (Lipinski definition) is 3. The minimum atomic E-state index is 0.611. The molecule has 1 aliphatic rings. The van der Waals surface area contributed by atoms with Crippen molar-refractivity contribution in [1.29, 1.82) is 5.26 Å². The van der Waals surface area contributed by atoms with E-state index in [-0.39, 0.29) is 0 Å². The Morgan fingerprint density at radius 1 is 1.45 bits per heavy atom. The normalized spacial score (nSPS) is 19.2. The Labute approximate surface area is 128 Å². The maximum Gasteiger partial charge on any atom is 0.0991 e. The largest absolute Gasteiger partial charge is 0.323 e. The summed E-state index contributed by atoms with van der Waals surface area (Å²) in [5.41, 5.74) is 0.611. The lowest BCUT2D eigenvalue weighted by Crippen LogP contribution is -2.52. The Morgan fingerprint density at radius 3 is 2.60 bits per heavy atom. The van der Waals surface area contributed by atoms with Crippen molar-refractivity contribution < 1.29 is 4.48 Å². The summed E-state index contributed by atoms with van der Waals surface area (Å²) in [5.74, 6) is 0. The zero-order valence-electron chi connectivity index (χ0n) is 12.9. The first kappa shape index (κ1) is 17.0. The molecule has 0 aromatic heterocycles. The minimum Gasteiger partial charge on any atom is -0.323 e. The number of hydrogen-bond donors (Lipinski definition) is 0. The first-order valence-electron chi connectivity index (χ1n) is 7.04. The van der Waals surface area contributed by atoms with E-state index in [1.165, 1.54) is 25.9 Å². The molecular formula is C16H26N3S+. The highest BCUT2D eigenvalue weighted by Gasteiger charge is 2.30. The van der Waals surface area contributed by atoms with Crippen LogP contribution in [-0.2, 0) is 0 Å². The van der Waals surface area contributed by atoms with E-state index in [1.54, 1.807) is 6.08 Å². The number of allylic oxidation sites excluding steroid dienone is 4. The molecule has 1 aliphatic heterocycles. The fourth-order valence-corrected chi connectivity index (χ4v) is 3.10. The lowest BCUT2D eigenvalue weighted by atomic mass is 10.0. The number of nitriles is 1. The van der Waals surface area contributed by atoms with Crippen LogP contribution in [0, 0.1) is 11.3 Å². The molecule has 0 amide bonds. The Bertz CT molecular complexity index is 410. The van der Waals surface area contributed by atoms with Crippen LogP contribution in [0.1, 0.15) is 12.8 Å². The van der Waals surface area contributed by atoms with Gasteiger partial charge in [-0.1, -0.05) is 30.7 Å². The topological polar surface area (TPSA) is 27.0 Å². The van der Waals surface area contributed by atoms with Gasteiger partial charge in [-0.15, -0.1) is 0 Å². The fourth-order valence-electron chi connectivity index (χ4n) is 2.53. The van der Waals surface area contributed by atoms with E-state index >= 15 is 0 Å². The molecule has 1 rings (SSSR count). The average molecular weight is 292 g/mol. The van der Waals surface area contributed by atoms with Crippen molar-refractivity contribution in [3.05, 3.63) is 36.5 Å². The van der Waals surface area contributed by atoms with Crippen molar-refractivity contribution in [1.82, 2.24) is 4.31 Å². The molecule has 0 aromatic carbocycles. The van der Waals surface area contributed by atoms with Crippen molar-refractivity contribution >= 4 is 11.9 Å². The Balaban J connectivity index is 2.50. The second kappa shape index (κ2) is 8.31. The van der Waals surface area contributed by atoms with Crippen LogP contribution in [0.15, 0.2) is 36.5 Å². The third-order valence-electron chi connectivity index (χ3n) is 4.01. The van der Waals surface area contributed by atoms with Crippen LogP contribution in [0.25, 0.3) is 0 Å². The maximum absolute atomic E-state index is 8.80. The molecule has 0 spiro atoms. The predicted molar refractivity (Wildman–Crippen MR) is 88.1 cm³/mol. The van der Waals surface area contributed by atoms with Crippen molar-refractivity contribution in [2.24, 2.45) is 0 Å². The van der Waals surface area contributed by atoms with Gasteiger partial charge in [0.05, 0.1) is 38.3 Å². The number of likely N-dealkylation sites (N-methyl/N-ethyl adjacent to an activating group) is 1. The summed E-state index contributed by atoms with van der Waals surface area (Å²) in [6.45, 7) is 6.98. The highest BCUT2D eigenvalue weighted by Crippen LogP contribution is 2.23. The summed E-state index contributed by atoms with van der Waals surface area (Å²) in [7, 11) is 4.60. The molecule has 0 aromatic rings. The summed E-state index contributed by atoms with van der Waals surface area (Å²) in [5, 5.41) is 8.80. The second-order valence-electron chi connectivity index (χ2n) is 5.67. The second-order valence-corrected chi connectivity index (χ2v) is 6.55. The van der Waals surface area contributed by atoms with Gasteiger partial charge in [0.2, 0.25) is 0 Å². The monoisotopic (exact) mass is 292 g/mol. The fraction of sp³-hybridized carbons (Fsp3) is 0.562. The highest BCUT2D eigenvalue weighted by atomic mass is 32.2. The van der Waals surface area contributed by atoms with Crippen LogP contribution < -0.4 is 0 Å². The lowest BCUT2D eigenvalue weighted by molar-refractivity contribution is -0.910. The van der Waals surface area contributed by atoms with Gasteiger partial charge in [0.15, 0.2) is 0 Å². The van der Waals surface area contributed by atoms with Gasteiger partial charge in [-0.25, -0.2) is 0 Å². The minimum absolute atomic E-state index is 0.611. The van der Waals surface area contributed by atoms with Crippen LogP contribution >= 0.6 is 11.9 Å². The average Bonchev–Trinajstić information content (AvgIpc) is 2.47. The standard InChI is InChI=1S/C16H26N3S/c1-5-15(14-17)8-6-7-13-19(2,3)16-9-11-18(20-4)12-10-16/h5-8,16H,1,9-13H2,2-4H3/q+1/b7-6-,15-8+. The molecule has 110 valence electrons.